The molecule has 3 heteroatoms. The first-order valence-electron chi connectivity index (χ1n) is 6.56. The van der Waals surface area contributed by atoms with Crippen LogP contribution in [0.25, 0.3) is 0 Å². The van der Waals surface area contributed by atoms with Crippen molar-refractivity contribution in [1.29, 1.82) is 0 Å². The lowest BCUT2D eigenvalue weighted by Crippen LogP contribution is -2.32. The number of Topliss-reactive ketones (excluding diaryl/α,β-unsaturated/α-hetero) is 1. The van der Waals surface area contributed by atoms with Crippen LogP contribution in [-0.2, 0) is 4.79 Å². The third-order valence-electron chi connectivity index (χ3n) is 3.41. The maximum Gasteiger partial charge on any atom is 0.137 e. The van der Waals surface area contributed by atoms with Crippen LogP contribution in [0.3, 0.4) is 0 Å². The van der Waals surface area contributed by atoms with Gasteiger partial charge in [-0.25, -0.2) is 0 Å². The molecule has 0 aliphatic heterocycles. The maximum atomic E-state index is 11.6. The molecule has 0 aromatic carbocycles. The molecule has 0 spiro atoms. The summed E-state index contributed by atoms with van der Waals surface area (Å²) in [6.07, 6.45) is 7.29. The molecule has 94 valence electrons. The second-order valence-electron chi connectivity index (χ2n) is 4.96. The van der Waals surface area contributed by atoms with Crippen molar-refractivity contribution in [3.8, 4) is 0 Å². The SMILES string of the molecule is CN(CCCCCO)CC1CCCCC1=O. The lowest BCUT2D eigenvalue weighted by atomic mass is 9.87. The second kappa shape index (κ2) is 7.80. The molecule has 1 aliphatic rings. The van der Waals surface area contributed by atoms with Crippen molar-refractivity contribution >= 4 is 5.78 Å². The molecule has 1 rings (SSSR count). The fourth-order valence-electron chi connectivity index (χ4n) is 2.39. The van der Waals surface area contributed by atoms with Gasteiger partial charge >= 0.3 is 0 Å². The lowest BCUT2D eigenvalue weighted by molar-refractivity contribution is -0.125. The molecule has 0 bridgehead atoms. The highest BCUT2D eigenvalue weighted by Gasteiger charge is 2.22. The summed E-state index contributed by atoms with van der Waals surface area (Å²) in [7, 11) is 2.10. The standard InChI is InChI=1S/C13H25NO2/c1-14(9-5-2-6-10-15)11-12-7-3-4-8-13(12)16/h12,15H,2-11H2,1H3. The van der Waals surface area contributed by atoms with Gasteiger partial charge in [-0.3, -0.25) is 4.79 Å². The van der Waals surface area contributed by atoms with Gasteiger partial charge in [-0.1, -0.05) is 6.42 Å². The van der Waals surface area contributed by atoms with Gasteiger partial charge in [0.1, 0.15) is 5.78 Å². The quantitative estimate of drug-likeness (QED) is 0.675. The van der Waals surface area contributed by atoms with E-state index in [0.717, 1.165) is 51.6 Å². The Morgan fingerprint density at radius 2 is 2.12 bits per heavy atom. The van der Waals surface area contributed by atoms with Crippen LogP contribution < -0.4 is 0 Å². The highest BCUT2D eigenvalue weighted by molar-refractivity contribution is 5.81. The van der Waals surface area contributed by atoms with E-state index >= 15 is 0 Å². The van der Waals surface area contributed by atoms with Gasteiger partial charge in [-0.2, -0.15) is 0 Å². The van der Waals surface area contributed by atoms with Crippen molar-refractivity contribution in [3.05, 3.63) is 0 Å². The molecule has 0 radical (unpaired) electrons. The number of unbranched alkanes of at least 4 members (excludes halogenated alkanes) is 2. The van der Waals surface area contributed by atoms with Gasteiger partial charge in [0.15, 0.2) is 0 Å². The Balaban J connectivity index is 2.12. The summed E-state index contributed by atoms with van der Waals surface area (Å²) in [6, 6.07) is 0. The molecule has 1 saturated carbocycles. The second-order valence-corrected chi connectivity index (χ2v) is 4.96. The molecule has 0 aromatic rings. The van der Waals surface area contributed by atoms with Gasteiger partial charge in [0.25, 0.3) is 0 Å². The van der Waals surface area contributed by atoms with Gasteiger partial charge in [-0.15, -0.1) is 0 Å². The van der Waals surface area contributed by atoms with Crippen LogP contribution >= 0.6 is 0 Å². The van der Waals surface area contributed by atoms with E-state index in [1.165, 1.54) is 6.42 Å². The van der Waals surface area contributed by atoms with E-state index in [0.29, 0.717) is 12.4 Å². The zero-order valence-electron chi connectivity index (χ0n) is 10.5. The lowest BCUT2D eigenvalue weighted by Gasteiger charge is -2.25. The number of aliphatic hydroxyl groups is 1. The summed E-state index contributed by atoms with van der Waals surface area (Å²) in [5, 5.41) is 8.67. The first kappa shape index (κ1) is 13.7. The number of carbonyl (C=O) groups excluding carboxylic acids is 1. The minimum absolute atomic E-state index is 0.289. The normalized spacial score (nSPS) is 21.7. The number of hydrogen-bond donors (Lipinski definition) is 1. The van der Waals surface area contributed by atoms with Crippen molar-refractivity contribution in [2.75, 3.05) is 26.7 Å². The van der Waals surface area contributed by atoms with Gasteiger partial charge < -0.3 is 10.0 Å². The van der Waals surface area contributed by atoms with E-state index in [4.69, 9.17) is 5.11 Å². The zero-order valence-corrected chi connectivity index (χ0v) is 10.5. The van der Waals surface area contributed by atoms with Gasteiger partial charge in [0.05, 0.1) is 0 Å². The largest absolute Gasteiger partial charge is 0.396 e. The maximum absolute atomic E-state index is 11.6. The number of ketones is 1. The van der Waals surface area contributed by atoms with Crippen molar-refractivity contribution in [1.82, 2.24) is 4.90 Å². The fourth-order valence-corrected chi connectivity index (χ4v) is 2.39. The first-order valence-corrected chi connectivity index (χ1v) is 6.56. The number of aliphatic hydroxyl groups excluding tert-OH is 1. The highest BCUT2D eigenvalue weighted by Crippen LogP contribution is 2.21. The Kier molecular flexibility index (Phi) is 6.65. The molecular weight excluding hydrogens is 202 g/mol. The Morgan fingerprint density at radius 3 is 2.81 bits per heavy atom. The van der Waals surface area contributed by atoms with Crippen molar-refractivity contribution in [2.24, 2.45) is 5.92 Å². The summed E-state index contributed by atoms with van der Waals surface area (Å²) in [4.78, 5) is 13.9. The third-order valence-corrected chi connectivity index (χ3v) is 3.41. The van der Waals surface area contributed by atoms with Crippen molar-refractivity contribution in [3.63, 3.8) is 0 Å². The smallest absolute Gasteiger partial charge is 0.137 e. The molecule has 1 unspecified atom stereocenters. The van der Waals surface area contributed by atoms with Crippen LogP contribution in [0, 0.1) is 5.92 Å². The molecule has 0 heterocycles. The summed E-state index contributed by atoms with van der Waals surface area (Å²) in [5.41, 5.74) is 0. The summed E-state index contributed by atoms with van der Waals surface area (Å²) in [6.45, 7) is 2.27. The molecule has 0 saturated heterocycles. The average Bonchev–Trinajstić information content (AvgIpc) is 2.28. The van der Waals surface area contributed by atoms with Crippen LogP contribution in [0.4, 0.5) is 0 Å². The first-order chi connectivity index (χ1) is 7.74. The van der Waals surface area contributed by atoms with Crippen LogP contribution in [0.2, 0.25) is 0 Å². The van der Waals surface area contributed by atoms with Gasteiger partial charge in [0, 0.05) is 25.5 Å². The highest BCUT2D eigenvalue weighted by atomic mass is 16.2. The molecule has 1 N–H and O–H groups in total. The summed E-state index contributed by atoms with van der Waals surface area (Å²) >= 11 is 0. The Hall–Kier alpha value is -0.410. The topological polar surface area (TPSA) is 40.5 Å². The predicted molar refractivity (Wildman–Crippen MR) is 65.4 cm³/mol. The molecular formula is C13H25NO2. The van der Waals surface area contributed by atoms with Crippen molar-refractivity contribution < 1.29 is 9.90 Å². The molecule has 0 amide bonds. The minimum Gasteiger partial charge on any atom is -0.396 e. The number of hydrogen-bond acceptors (Lipinski definition) is 3. The summed E-state index contributed by atoms with van der Waals surface area (Å²) in [5.74, 6) is 0.755. The van der Waals surface area contributed by atoms with E-state index in [-0.39, 0.29) is 5.92 Å². The molecule has 3 nitrogen and oxygen atoms in total. The average molecular weight is 227 g/mol. The molecule has 1 aliphatic carbocycles. The minimum atomic E-state index is 0.289. The van der Waals surface area contributed by atoms with E-state index in [2.05, 4.69) is 11.9 Å². The van der Waals surface area contributed by atoms with E-state index in [9.17, 15) is 4.79 Å². The van der Waals surface area contributed by atoms with E-state index in [1.807, 2.05) is 0 Å². The monoisotopic (exact) mass is 227 g/mol. The number of rotatable bonds is 7. The van der Waals surface area contributed by atoms with Gasteiger partial charge in [-0.05, 0) is 45.7 Å². The molecule has 1 fully saturated rings. The molecule has 16 heavy (non-hydrogen) atoms. The molecule has 1 atom stereocenters. The van der Waals surface area contributed by atoms with Crippen LogP contribution in [-0.4, -0.2) is 42.5 Å². The number of nitrogens with zero attached hydrogens (tertiary/aromatic N) is 1. The van der Waals surface area contributed by atoms with Crippen molar-refractivity contribution in [2.45, 2.75) is 44.9 Å². The van der Waals surface area contributed by atoms with E-state index < -0.39 is 0 Å². The fraction of sp³-hybridized carbons (Fsp3) is 0.923. The molecule has 0 aromatic heterocycles. The number of carbonyl (C=O) groups is 1. The van der Waals surface area contributed by atoms with Gasteiger partial charge in [0.2, 0.25) is 0 Å². The Morgan fingerprint density at radius 1 is 1.31 bits per heavy atom. The van der Waals surface area contributed by atoms with Crippen LogP contribution in [0.5, 0.6) is 0 Å². The predicted octanol–water partition coefficient (Wildman–Crippen LogP) is 1.84. The van der Waals surface area contributed by atoms with Crippen LogP contribution in [0.1, 0.15) is 44.9 Å². The summed E-state index contributed by atoms with van der Waals surface area (Å²) < 4.78 is 0. The Labute approximate surface area is 98.8 Å². The zero-order chi connectivity index (χ0) is 11.8. The van der Waals surface area contributed by atoms with Crippen LogP contribution in [0.15, 0.2) is 0 Å². The van der Waals surface area contributed by atoms with E-state index in [1.54, 1.807) is 0 Å². The Bertz CT molecular complexity index is 206. The third kappa shape index (κ3) is 5.08.